The van der Waals surface area contributed by atoms with Crippen molar-refractivity contribution in [2.75, 3.05) is 7.11 Å². The molecule has 98 valence electrons. The normalized spacial score (nSPS) is 14.8. The number of nitrogens with two attached hydrogens (primary N) is 1. The van der Waals surface area contributed by atoms with Crippen LogP contribution < -0.4 is 11.3 Å². The molecule has 1 aromatic heterocycles. The monoisotopic (exact) mass is 241 g/mol. The second-order valence-electron chi connectivity index (χ2n) is 4.18. The van der Waals surface area contributed by atoms with Crippen molar-refractivity contribution in [3.05, 3.63) is 12.2 Å². The smallest absolute Gasteiger partial charge is 0.138 e. The highest BCUT2D eigenvalue weighted by atomic mass is 16.5. The molecule has 0 spiro atoms. The van der Waals surface area contributed by atoms with Crippen molar-refractivity contribution < 1.29 is 4.74 Å². The van der Waals surface area contributed by atoms with Crippen molar-refractivity contribution in [3.63, 3.8) is 0 Å². The number of hydrogen-bond donors (Lipinski definition) is 2. The molecular formula is C11H23N5O. The van der Waals surface area contributed by atoms with E-state index < -0.39 is 0 Å². The first kappa shape index (κ1) is 14.1. The third kappa shape index (κ3) is 4.41. The largest absolute Gasteiger partial charge is 0.382 e. The van der Waals surface area contributed by atoms with E-state index in [0.717, 1.165) is 31.6 Å². The number of nitrogens with zero attached hydrogens (tertiary/aromatic N) is 3. The first-order valence-electron chi connectivity index (χ1n) is 6.06. The fourth-order valence-electron chi connectivity index (χ4n) is 1.73. The average molecular weight is 241 g/mol. The molecule has 0 saturated carbocycles. The highest BCUT2D eigenvalue weighted by molar-refractivity contribution is 4.89. The number of methoxy groups -OCH3 is 1. The van der Waals surface area contributed by atoms with Crippen LogP contribution in [0.2, 0.25) is 0 Å². The Labute approximate surface area is 103 Å². The fourth-order valence-corrected chi connectivity index (χ4v) is 1.73. The zero-order chi connectivity index (χ0) is 12.7. The van der Waals surface area contributed by atoms with Crippen molar-refractivity contribution in [2.45, 2.75) is 51.8 Å². The topological polar surface area (TPSA) is 78.0 Å². The summed E-state index contributed by atoms with van der Waals surface area (Å²) in [4.78, 5) is 4.25. The number of hydrogen-bond acceptors (Lipinski definition) is 5. The summed E-state index contributed by atoms with van der Waals surface area (Å²) in [6.07, 6.45) is 4.58. The molecule has 0 amide bonds. The predicted octanol–water partition coefficient (Wildman–Crippen LogP) is 0.488. The van der Waals surface area contributed by atoms with E-state index in [1.54, 1.807) is 13.4 Å². The quantitative estimate of drug-likeness (QED) is 0.511. The Morgan fingerprint density at radius 2 is 2.29 bits per heavy atom. The number of aromatic nitrogens is 3. The lowest BCUT2D eigenvalue weighted by molar-refractivity contribution is 0.106. The maximum absolute atomic E-state index is 5.56. The Morgan fingerprint density at radius 3 is 2.88 bits per heavy atom. The Morgan fingerprint density at radius 1 is 1.53 bits per heavy atom. The molecule has 0 fully saturated rings. The molecule has 2 atom stereocenters. The van der Waals surface area contributed by atoms with Crippen LogP contribution in [-0.2, 0) is 17.7 Å². The molecule has 0 radical (unpaired) electrons. The number of aryl methyl sites for hydroxylation is 1. The van der Waals surface area contributed by atoms with Crippen molar-refractivity contribution in [1.82, 2.24) is 20.2 Å². The minimum absolute atomic E-state index is 0.210. The maximum atomic E-state index is 5.56. The van der Waals surface area contributed by atoms with Gasteiger partial charge in [0.1, 0.15) is 12.2 Å². The third-order valence-electron chi connectivity index (χ3n) is 2.98. The number of hydrazine groups is 1. The van der Waals surface area contributed by atoms with E-state index in [4.69, 9.17) is 10.6 Å². The van der Waals surface area contributed by atoms with Crippen LogP contribution in [0.25, 0.3) is 0 Å². The highest BCUT2D eigenvalue weighted by Gasteiger charge is 2.13. The minimum Gasteiger partial charge on any atom is -0.382 e. The van der Waals surface area contributed by atoms with Gasteiger partial charge >= 0.3 is 0 Å². The van der Waals surface area contributed by atoms with E-state index in [9.17, 15) is 0 Å². The zero-order valence-electron chi connectivity index (χ0n) is 10.9. The van der Waals surface area contributed by atoms with Crippen molar-refractivity contribution in [3.8, 4) is 0 Å². The van der Waals surface area contributed by atoms with Gasteiger partial charge in [0.25, 0.3) is 0 Å². The summed E-state index contributed by atoms with van der Waals surface area (Å²) in [6.45, 7) is 4.94. The molecule has 0 aliphatic heterocycles. The van der Waals surface area contributed by atoms with Crippen LogP contribution in [0, 0.1) is 0 Å². The number of ether oxygens (including phenoxy) is 1. The zero-order valence-corrected chi connectivity index (χ0v) is 10.9. The third-order valence-corrected chi connectivity index (χ3v) is 2.98. The molecule has 0 aliphatic carbocycles. The van der Waals surface area contributed by atoms with Gasteiger partial charge in [0.05, 0.1) is 6.10 Å². The van der Waals surface area contributed by atoms with Gasteiger partial charge in [-0.2, -0.15) is 5.10 Å². The van der Waals surface area contributed by atoms with Crippen LogP contribution in [0.3, 0.4) is 0 Å². The van der Waals surface area contributed by atoms with E-state index in [1.807, 2.05) is 4.68 Å². The lowest BCUT2D eigenvalue weighted by atomic mass is 10.1. The Kier molecular flexibility index (Phi) is 6.10. The van der Waals surface area contributed by atoms with Gasteiger partial charge in [-0.05, 0) is 26.7 Å². The fraction of sp³-hybridized carbons (Fsp3) is 0.818. The molecule has 6 nitrogen and oxygen atoms in total. The standard InChI is InChI=1S/C11H23N5O/c1-4-16-11(13-8-14-16)7-10(15-12)6-5-9(2)17-3/h8-10,15H,4-7,12H2,1-3H3. The summed E-state index contributed by atoms with van der Waals surface area (Å²) < 4.78 is 7.12. The average Bonchev–Trinajstić information content (AvgIpc) is 2.80. The molecule has 1 heterocycles. The van der Waals surface area contributed by atoms with Gasteiger partial charge in [-0.1, -0.05) is 0 Å². The van der Waals surface area contributed by atoms with Gasteiger partial charge in [0, 0.05) is 26.1 Å². The van der Waals surface area contributed by atoms with Crippen molar-refractivity contribution in [2.24, 2.45) is 5.84 Å². The van der Waals surface area contributed by atoms with Crippen molar-refractivity contribution in [1.29, 1.82) is 0 Å². The van der Waals surface area contributed by atoms with E-state index in [2.05, 4.69) is 29.4 Å². The minimum atomic E-state index is 0.210. The van der Waals surface area contributed by atoms with E-state index in [-0.39, 0.29) is 12.1 Å². The van der Waals surface area contributed by atoms with Crippen LogP contribution in [-0.4, -0.2) is 34.0 Å². The van der Waals surface area contributed by atoms with Crippen LogP contribution in [0.1, 0.15) is 32.5 Å². The summed E-state index contributed by atoms with van der Waals surface area (Å²) in [7, 11) is 1.73. The van der Waals surface area contributed by atoms with Gasteiger partial charge in [0.15, 0.2) is 0 Å². The summed E-state index contributed by atoms with van der Waals surface area (Å²) >= 11 is 0. The molecule has 0 aromatic carbocycles. The number of nitrogens with one attached hydrogen (secondary N) is 1. The Balaban J connectivity index is 2.46. The molecule has 0 saturated heterocycles. The van der Waals surface area contributed by atoms with Crippen LogP contribution in [0.5, 0.6) is 0 Å². The molecule has 1 rings (SSSR count). The Bertz CT molecular complexity index is 315. The first-order chi connectivity index (χ1) is 8.21. The summed E-state index contributed by atoms with van der Waals surface area (Å²) in [6, 6.07) is 0.210. The second-order valence-corrected chi connectivity index (χ2v) is 4.18. The highest BCUT2D eigenvalue weighted by Crippen LogP contribution is 2.08. The van der Waals surface area contributed by atoms with Crippen LogP contribution >= 0.6 is 0 Å². The summed E-state index contributed by atoms with van der Waals surface area (Å²) in [5.74, 6) is 6.53. The predicted molar refractivity (Wildman–Crippen MR) is 66.2 cm³/mol. The molecule has 3 N–H and O–H groups in total. The molecular weight excluding hydrogens is 218 g/mol. The van der Waals surface area contributed by atoms with Gasteiger partial charge in [0.2, 0.25) is 0 Å². The molecule has 1 aromatic rings. The second kappa shape index (κ2) is 7.37. The van der Waals surface area contributed by atoms with E-state index in [1.165, 1.54) is 0 Å². The molecule has 0 bridgehead atoms. The van der Waals surface area contributed by atoms with Crippen molar-refractivity contribution >= 4 is 0 Å². The van der Waals surface area contributed by atoms with Gasteiger partial charge < -0.3 is 4.74 Å². The SMILES string of the molecule is CCn1ncnc1CC(CCC(C)OC)NN. The molecule has 0 aliphatic rings. The van der Waals surface area contributed by atoms with E-state index >= 15 is 0 Å². The van der Waals surface area contributed by atoms with Crippen LogP contribution in [0.15, 0.2) is 6.33 Å². The molecule has 17 heavy (non-hydrogen) atoms. The van der Waals surface area contributed by atoms with Gasteiger partial charge in [-0.25, -0.2) is 4.98 Å². The first-order valence-corrected chi connectivity index (χ1v) is 6.06. The lowest BCUT2D eigenvalue weighted by Gasteiger charge is -2.17. The van der Waals surface area contributed by atoms with Gasteiger partial charge in [-0.3, -0.25) is 16.0 Å². The molecule has 6 heteroatoms. The Hall–Kier alpha value is -0.980. The molecule has 2 unspecified atom stereocenters. The lowest BCUT2D eigenvalue weighted by Crippen LogP contribution is -2.38. The maximum Gasteiger partial charge on any atom is 0.138 e. The summed E-state index contributed by atoms with van der Waals surface area (Å²) in [5.41, 5.74) is 2.83. The van der Waals surface area contributed by atoms with Crippen LogP contribution in [0.4, 0.5) is 0 Å². The van der Waals surface area contributed by atoms with Gasteiger partial charge in [-0.15, -0.1) is 0 Å². The number of rotatable bonds is 8. The van der Waals surface area contributed by atoms with E-state index in [0.29, 0.717) is 0 Å². The summed E-state index contributed by atoms with van der Waals surface area (Å²) in [5, 5.41) is 4.15.